The SMILES string of the molecule is CN(C(=O)OC(C)(C)C)C1CCOc2cc(C=O)ccc21. The molecule has 0 N–H and O–H groups in total. The van der Waals surface area contributed by atoms with Crippen molar-refractivity contribution in [1.82, 2.24) is 4.90 Å². The Morgan fingerprint density at radius 2 is 2.14 bits per heavy atom. The van der Waals surface area contributed by atoms with Crippen LogP contribution < -0.4 is 4.74 Å². The fraction of sp³-hybridized carbons (Fsp3) is 0.500. The summed E-state index contributed by atoms with van der Waals surface area (Å²) in [6.45, 7) is 6.03. The summed E-state index contributed by atoms with van der Waals surface area (Å²) in [5, 5.41) is 0. The molecule has 1 unspecified atom stereocenters. The summed E-state index contributed by atoms with van der Waals surface area (Å²) in [4.78, 5) is 24.6. The van der Waals surface area contributed by atoms with E-state index in [0.717, 1.165) is 11.8 Å². The highest BCUT2D eigenvalue weighted by Gasteiger charge is 2.30. The minimum atomic E-state index is -0.527. The first-order chi connectivity index (χ1) is 9.81. The maximum atomic E-state index is 12.2. The van der Waals surface area contributed by atoms with Crippen molar-refractivity contribution in [3.63, 3.8) is 0 Å². The number of fused-ring (bicyclic) bond motifs is 1. The van der Waals surface area contributed by atoms with Crippen molar-refractivity contribution in [3.8, 4) is 5.75 Å². The molecule has 1 aliphatic rings. The number of hydrogen-bond donors (Lipinski definition) is 0. The third kappa shape index (κ3) is 3.54. The van der Waals surface area contributed by atoms with Gasteiger partial charge in [0.15, 0.2) is 0 Å². The van der Waals surface area contributed by atoms with Gasteiger partial charge in [0.1, 0.15) is 17.6 Å². The predicted octanol–water partition coefficient (Wildman–Crippen LogP) is 3.19. The molecule has 0 radical (unpaired) electrons. The van der Waals surface area contributed by atoms with Gasteiger partial charge in [-0.05, 0) is 26.8 Å². The number of hydrogen-bond acceptors (Lipinski definition) is 4. The topological polar surface area (TPSA) is 55.8 Å². The highest BCUT2D eigenvalue weighted by atomic mass is 16.6. The second-order valence-corrected chi connectivity index (χ2v) is 6.16. The molecule has 0 saturated heterocycles. The molecule has 1 heterocycles. The van der Waals surface area contributed by atoms with Crippen molar-refractivity contribution in [2.24, 2.45) is 0 Å². The van der Waals surface area contributed by atoms with Crippen LogP contribution in [0.1, 0.15) is 49.2 Å². The van der Waals surface area contributed by atoms with Crippen LogP contribution in [0.15, 0.2) is 18.2 Å². The summed E-state index contributed by atoms with van der Waals surface area (Å²) in [6.07, 6.45) is 1.12. The summed E-state index contributed by atoms with van der Waals surface area (Å²) in [7, 11) is 1.72. The van der Waals surface area contributed by atoms with Crippen LogP contribution in [0.5, 0.6) is 5.75 Å². The summed E-state index contributed by atoms with van der Waals surface area (Å²) in [6, 6.07) is 5.17. The largest absolute Gasteiger partial charge is 0.493 e. The van der Waals surface area contributed by atoms with Crippen LogP contribution in [0.2, 0.25) is 0 Å². The van der Waals surface area contributed by atoms with Crippen LogP contribution in [-0.2, 0) is 4.74 Å². The fourth-order valence-corrected chi connectivity index (χ4v) is 2.32. The smallest absolute Gasteiger partial charge is 0.410 e. The zero-order valence-corrected chi connectivity index (χ0v) is 12.9. The van der Waals surface area contributed by atoms with E-state index in [2.05, 4.69) is 0 Å². The number of benzene rings is 1. The number of nitrogens with zero attached hydrogens (tertiary/aromatic N) is 1. The Kier molecular flexibility index (Phi) is 4.21. The van der Waals surface area contributed by atoms with Gasteiger partial charge >= 0.3 is 6.09 Å². The van der Waals surface area contributed by atoms with Gasteiger partial charge in [0.05, 0.1) is 12.6 Å². The Bertz CT molecular complexity index is 548. The van der Waals surface area contributed by atoms with Gasteiger partial charge in [-0.3, -0.25) is 4.79 Å². The molecule has 1 aliphatic heterocycles. The summed E-state index contributed by atoms with van der Waals surface area (Å²) in [5.41, 5.74) is 0.940. The Labute approximate surface area is 124 Å². The van der Waals surface area contributed by atoms with E-state index in [1.807, 2.05) is 26.8 Å². The lowest BCUT2D eigenvalue weighted by molar-refractivity contribution is 0.0182. The number of amides is 1. The van der Waals surface area contributed by atoms with Gasteiger partial charge in [-0.1, -0.05) is 12.1 Å². The molecule has 1 amide bonds. The van der Waals surface area contributed by atoms with E-state index in [-0.39, 0.29) is 12.1 Å². The van der Waals surface area contributed by atoms with Crippen molar-refractivity contribution in [3.05, 3.63) is 29.3 Å². The van der Waals surface area contributed by atoms with Gasteiger partial charge < -0.3 is 14.4 Å². The van der Waals surface area contributed by atoms with E-state index in [0.29, 0.717) is 24.3 Å². The molecule has 1 atom stereocenters. The second kappa shape index (κ2) is 5.76. The van der Waals surface area contributed by atoms with Gasteiger partial charge in [0.25, 0.3) is 0 Å². The highest BCUT2D eigenvalue weighted by molar-refractivity contribution is 5.76. The molecule has 114 valence electrons. The first-order valence-corrected chi connectivity index (χ1v) is 6.99. The number of rotatable bonds is 2. The normalized spacial score (nSPS) is 17.4. The Balaban J connectivity index is 2.23. The first kappa shape index (κ1) is 15.4. The molecule has 5 nitrogen and oxygen atoms in total. The van der Waals surface area contributed by atoms with Gasteiger partial charge in [-0.2, -0.15) is 0 Å². The Morgan fingerprint density at radius 3 is 2.76 bits per heavy atom. The Hall–Kier alpha value is -2.04. The lowest BCUT2D eigenvalue weighted by Gasteiger charge is -2.34. The second-order valence-electron chi connectivity index (χ2n) is 6.16. The molecule has 1 aromatic carbocycles. The molecular weight excluding hydrogens is 270 g/mol. The molecule has 0 spiro atoms. The van der Waals surface area contributed by atoms with Crippen molar-refractivity contribution < 1.29 is 19.1 Å². The van der Waals surface area contributed by atoms with Crippen LogP contribution in [0.25, 0.3) is 0 Å². The zero-order valence-electron chi connectivity index (χ0n) is 12.9. The third-order valence-corrected chi connectivity index (χ3v) is 3.33. The van der Waals surface area contributed by atoms with E-state index in [9.17, 15) is 9.59 Å². The molecular formula is C16H21NO4. The molecule has 2 rings (SSSR count). The monoisotopic (exact) mass is 291 g/mol. The molecule has 0 saturated carbocycles. The Morgan fingerprint density at radius 1 is 1.43 bits per heavy atom. The van der Waals surface area contributed by atoms with E-state index in [4.69, 9.17) is 9.47 Å². The minimum absolute atomic E-state index is 0.107. The average Bonchev–Trinajstić information content (AvgIpc) is 2.43. The fourth-order valence-electron chi connectivity index (χ4n) is 2.32. The van der Waals surface area contributed by atoms with Crippen LogP contribution in [-0.4, -0.2) is 36.5 Å². The molecule has 21 heavy (non-hydrogen) atoms. The van der Waals surface area contributed by atoms with E-state index < -0.39 is 5.60 Å². The van der Waals surface area contributed by atoms with Crippen molar-refractivity contribution in [2.45, 2.75) is 38.8 Å². The number of aldehydes is 1. The molecule has 1 aromatic rings. The van der Waals surface area contributed by atoms with Crippen LogP contribution in [0.3, 0.4) is 0 Å². The van der Waals surface area contributed by atoms with E-state index in [1.54, 1.807) is 24.1 Å². The van der Waals surface area contributed by atoms with Crippen molar-refractivity contribution in [1.29, 1.82) is 0 Å². The molecule has 5 heteroatoms. The van der Waals surface area contributed by atoms with Gasteiger partial charge in [0.2, 0.25) is 0 Å². The molecule has 0 bridgehead atoms. The summed E-state index contributed by atoms with van der Waals surface area (Å²) in [5.74, 6) is 0.659. The molecule has 0 aliphatic carbocycles. The van der Waals surface area contributed by atoms with Gasteiger partial charge in [-0.15, -0.1) is 0 Å². The highest BCUT2D eigenvalue weighted by Crippen LogP contribution is 2.36. The number of ether oxygens (including phenoxy) is 2. The van der Waals surface area contributed by atoms with Crippen LogP contribution >= 0.6 is 0 Å². The summed E-state index contributed by atoms with van der Waals surface area (Å²) >= 11 is 0. The average molecular weight is 291 g/mol. The predicted molar refractivity (Wildman–Crippen MR) is 78.7 cm³/mol. The van der Waals surface area contributed by atoms with Crippen LogP contribution in [0.4, 0.5) is 4.79 Å². The molecule has 0 fully saturated rings. The minimum Gasteiger partial charge on any atom is -0.493 e. The quantitative estimate of drug-likeness (QED) is 0.785. The van der Waals surface area contributed by atoms with Gasteiger partial charge in [0, 0.05) is 24.6 Å². The zero-order chi connectivity index (χ0) is 15.6. The maximum absolute atomic E-state index is 12.2. The number of carbonyl (C=O) groups excluding carboxylic acids is 2. The van der Waals surface area contributed by atoms with E-state index in [1.165, 1.54) is 0 Å². The lowest BCUT2D eigenvalue weighted by atomic mass is 9.98. The third-order valence-electron chi connectivity index (χ3n) is 3.33. The van der Waals surface area contributed by atoms with Crippen molar-refractivity contribution in [2.75, 3.05) is 13.7 Å². The number of carbonyl (C=O) groups is 2. The van der Waals surface area contributed by atoms with Crippen LogP contribution in [0, 0.1) is 0 Å². The van der Waals surface area contributed by atoms with E-state index >= 15 is 0 Å². The van der Waals surface area contributed by atoms with Crippen molar-refractivity contribution >= 4 is 12.4 Å². The summed E-state index contributed by atoms with van der Waals surface area (Å²) < 4.78 is 11.0. The standard InChI is InChI=1S/C16H21NO4/c1-16(2,3)21-15(19)17(4)13-7-8-20-14-9-11(10-18)5-6-12(13)14/h5-6,9-10,13H,7-8H2,1-4H3. The molecule has 0 aromatic heterocycles. The lowest BCUT2D eigenvalue weighted by Crippen LogP contribution is -2.38. The van der Waals surface area contributed by atoms with Gasteiger partial charge in [-0.25, -0.2) is 4.79 Å². The first-order valence-electron chi connectivity index (χ1n) is 6.99. The maximum Gasteiger partial charge on any atom is 0.410 e.